The lowest BCUT2D eigenvalue weighted by Gasteiger charge is -2.10. The minimum absolute atomic E-state index is 0.174. The summed E-state index contributed by atoms with van der Waals surface area (Å²) < 4.78 is 25.7. The summed E-state index contributed by atoms with van der Waals surface area (Å²) in [5.41, 5.74) is 5.83. The monoisotopic (exact) mass is 200 g/mol. The Bertz CT molecular complexity index is 294. The summed E-state index contributed by atoms with van der Waals surface area (Å²) in [7, 11) is 0. The van der Waals surface area contributed by atoms with Crippen molar-refractivity contribution in [3.05, 3.63) is 29.6 Å². The van der Waals surface area contributed by atoms with E-state index < -0.39 is 5.92 Å². The summed E-state index contributed by atoms with van der Waals surface area (Å²) in [6.45, 7) is 1.40. The van der Waals surface area contributed by atoms with Crippen LogP contribution in [0.15, 0.2) is 18.2 Å². The van der Waals surface area contributed by atoms with E-state index in [9.17, 15) is 8.78 Å². The quantitative estimate of drug-likeness (QED) is 0.808. The van der Waals surface area contributed by atoms with Crippen LogP contribution in [-0.2, 0) is 12.3 Å². The van der Waals surface area contributed by atoms with Crippen LogP contribution in [0, 0.1) is 0 Å². The number of hydrogen-bond donors (Lipinski definition) is 1. The minimum atomic E-state index is -2.86. The number of hydrogen-bond acceptors (Lipinski definition) is 2. The van der Waals surface area contributed by atoms with E-state index in [-0.39, 0.29) is 5.69 Å². The Morgan fingerprint density at radius 1 is 1.43 bits per heavy atom. The highest BCUT2D eigenvalue weighted by Crippen LogP contribution is 2.24. The molecule has 1 rings (SSSR count). The van der Waals surface area contributed by atoms with Gasteiger partial charge in [-0.25, -0.2) is 0 Å². The molecule has 0 unspecified atom stereocenters. The van der Waals surface area contributed by atoms with Crippen molar-refractivity contribution in [3.63, 3.8) is 0 Å². The van der Waals surface area contributed by atoms with Crippen molar-refractivity contribution in [2.75, 3.05) is 6.54 Å². The molecule has 0 aliphatic heterocycles. The van der Waals surface area contributed by atoms with Crippen LogP contribution in [0.25, 0.3) is 0 Å². The summed E-state index contributed by atoms with van der Waals surface area (Å²) in [4.78, 5) is 3.88. The molecule has 0 aliphatic rings. The predicted octanol–water partition coefficient (Wildman–Crippen LogP) is 2.08. The second-order valence-corrected chi connectivity index (χ2v) is 3.29. The zero-order valence-corrected chi connectivity index (χ0v) is 8.13. The van der Waals surface area contributed by atoms with Gasteiger partial charge in [-0.3, -0.25) is 4.98 Å². The van der Waals surface area contributed by atoms with Crippen molar-refractivity contribution in [2.24, 2.45) is 5.73 Å². The molecule has 1 aromatic rings. The molecule has 0 saturated carbocycles. The molecule has 2 N–H and O–H groups in total. The van der Waals surface area contributed by atoms with Crippen molar-refractivity contribution in [1.82, 2.24) is 4.98 Å². The highest BCUT2D eigenvalue weighted by atomic mass is 19.3. The van der Waals surface area contributed by atoms with E-state index in [1.807, 2.05) is 0 Å². The summed E-state index contributed by atoms with van der Waals surface area (Å²) in [5.74, 6) is -2.86. The molecule has 0 amide bonds. The van der Waals surface area contributed by atoms with E-state index in [0.717, 1.165) is 13.3 Å². The molecule has 2 nitrogen and oxygen atoms in total. The molecule has 78 valence electrons. The lowest BCUT2D eigenvalue weighted by molar-refractivity contribution is 0.0126. The molecular weight excluding hydrogens is 186 g/mol. The van der Waals surface area contributed by atoms with Crippen molar-refractivity contribution in [3.8, 4) is 0 Å². The first-order chi connectivity index (χ1) is 6.54. The first kappa shape index (κ1) is 11.0. The molecule has 0 fully saturated rings. The average molecular weight is 200 g/mol. The van der Waals surface area contributed by atoms with Gasteiger partial charge in [0.15, 0.2) is 0 Å². The number of pyridine rings is 1. The van der Waals surface area contributed by atoms with Gasteiger partial charge in [-0.2, -0.15) is 8.78 Å². The Hall–Kier alpha value is -1.03. The maximum absolute atomic E-state index is 12.9. The first-order valence-electron chi connectivity index (χ1n) is 4.58. The third-order valence-electron chi connectivity index (χ3n) is 1.89. The topological polar surface area (TPSA) is 38.9 Å². The highest BCUT2D eigenvalue weighted by Gasteiger charge is 2.25. The third kappa shape index (κ3) is 3.03. The van der Waals surface area contributed by atoms with Gasteiger partial charge in [-0.1, -0.05) is 6.07 Å². The van der Waals surface area contributed by atoms with E-state index in [2.05, 4.69) is 4.98 Å². The van der Waals surface area contributed by atoms with Gasteiger partial charge < -0.3 is 5.73 Å². The van der Waals surface area contributed by atoms with Crippen LogP contribution >= 0.6 is 0 Å². The van der Waals surface area contributed by atoms with Gasteiger partial charge in [-0.15, -0.1) is 0 Å². The van der Waals surface area contributed by atoms with Crippen LogP contribution < -0.4 is 5.73 Å². The molecule has 0 aromatic carbocycles. The molecule has 4 heteroatoms. The van der Waals surface area contributed by atoms with E-state index in [1.165, 1.54) is 6.07 Å². The number of nitrogens with two attached hydrogens (primary N) is 1. The van der Waals surface area contributed by atoms with Crippen molar-refractivity contribution < 1.29 is 8.78 Å². The van der Waals surface area contributed by atoms with Gasteiger partial charge in [0.25, 0.3) is 5.92 Å². The molecule has 0 atom stereocenters. The fourth-order valence-corrected chi connectivity index (χ4v) is 1.15. The third-order valence-corrected chi connectivity index (χ3v) is 1.89. The molecule has 1 heterocycles. The smallest absolute Gasteiger partial charge is 0.286 e. The Morgan fingerprint density at radius 3 is 2.71 bits per heavy atom. The van der Waals surface area contributed by atoms with Gasteiger partial charge in [-0.05, 0) is 31.5 Å². The second kappa shape index (κ2) is 4.46. The largest absolute Gasteiger partial charge is 0.330 e. The maximum Gasteiger partial charge on any atom is 0.286 e. The van der Waals surface area contributed by atoms with Crippen molar-refractivity contribution in [2.45, 2.75) is 25.7 Å². The molecule has 1 aromatic heterocycles. The van der Waals surface area contributed by atoms with E-state index in [4.69, 9.17) is 5.73 Å². The predicted molar refractivity (Wildman–Crippen MR) is 51.2 cm³/mol. The molecule has 0 spiro atoms. The Kier molecular flexibility index (Phi) is 3.52. The number of rotatable bonds is 4. The fraction of sp³-hybridized carbons (Fsp3) is 0.500. The normalized spacial score (nSPS) is 11.7. The highest BCUT2D eigenvalue weighted by molar-refractivity contribution is 5.14. The maximum atomic E-state index is 12.9. The van der Waals surface area contributed by atoms with Gasteiger partial charge in [0, 0.05) is 12.6 Å². The van der Waals surface area contributed by atoms with Crippen LogP contribution in [0.4, 0.5) is 8.78 Å². The minimum Gasteiger partial charge on any atom is -0.330 e. The molecular formula is C10H14F2N2. The van der Waals surface area contributed by atoms with Crippen LogP contribution in [0.5, 0.6) is 0 Å². The summed E-state index contributed by atoms with van der Waals surface area (Å²) in [6.07, 6.45) is 1.42. The summed E-state index contributed by atoms with van der Waals surface area (Å²) in [6, 6.07) is 4.68. The molecule has 0 bridgehead atoms. The van der Waals surface area contributed by atoms with E-state index in [0.29, 0.717) is 18.7 Å². The lowest BCUT2D eigenvalue weighted by Crippen LogP contribution is -2.11. The zero-order chi connectivity index (χ0) is 10.6. The average Bonchev–Trinajstić information content (AvgIpc) is 2.14. The SMILES string of the molecule is CC(F)(F)c1cccc(CCCN)n1. The van der Waals surface area contributed by atoms with Gasteiger partial charge in [0.1, 0.15) is 5.69 Å². The van der Waals surface area contributed by atoms with Crippen LogP contribution in [-0.4, -0.2) is 11.5 Å². The Labute approximate surface area is 82.1 Å². The number of aryl methyl sites for hydroxylation is 1. The summed E-state index contributed by atoms with van der Waals surface area (Å²) in [5, 5.41) is 0. The van der Waals surface area contributed by atoms with E-state index in [1.54, 1.807) is 12.1 Å². The molecule has 0 aliphatic carbocycles. The van der Waals surface area contributed by atoms with Crippen LogP contribution in [0.3, 0.4) is 0 Å². The van der Waals surface area contributed by atoms with Gasteiger partial charge >= 0.3 is 0 Å². The number of aromatic nitrogens is 1. The zero-order valence-electron chi connectivity index (χ0n) is 8.13. The van der Waals surface area contributed by atoms with Crippen molar-refractivity contribution >= 4 is 0 Å². The first-order valence-corrected chi connectivity index (χ1v) is 4.58. The van der Waals surface area contributed by atoms with Crippen molar-refractivity contribution in [1.29, 1.82) is 0 Å². The second-order valence-electron chi connectivity index (χ2n) is 3.29. The number of nitrogens with zero attached hydrogens (tertiary/aromatic N) is 1. The van der Waals surface area contributed by atoms with Gasteiger partial charge in [0.2, 0.25) is 0 Å². The number of alkyl halides is 2. The Balaban J connectivity index is 2.79. The number of halogens is 2. The molecule has 0 saturated heterocycles. The molecule has 0 radical (unpaired) electrons. The lowest BCUT2D eigenvalue weighted by atomic mass is 10.2. The van der Waals surface area contributed by atoms with Crippen LogP contribution in [0.1, 0.15) is 24.7 Å². The fourth-order valence-electron chi connectivity index (χ4n) is 1.15. The Morgan fingerprint density at radius 2 is 2.14 bits per heavy atom. The summed E-state index contributed by atoms with van der Waals surface area (Å²) >= 11 is 0. The van der Waals surface area contributed by atoms with Gasteiger partial charge in [0.05, 0.1) is 0 Å². The van der Waals surface area contributed by atoms with Crippen LogP contribution in [0.2, 0.25) is 0 Å². The standard InChI is InChI=1S/C10H14F2N2/c1-10(11,12)9-6-2-4-8(14-9)5-3-7-13/h2,4,6H,3,5,7,13H2,1H3. The van der Waals surface area contributed by atoms with E-state index >= 15 is 0 Å². The molecule has 14 heavy (non-hydrogen) atoms.